The van der Waals surface area contributed by atoms with Crippen molar-refractivity contribution in [2.75, 3.05) is 11.6 Å². The van der Waals surface area contributed by atoms with Crippen LogP contribution in [-0.2, 0) is 17.4 Å². The SMILES string of the molecule is NS(=O)c1ccc2c(c1)N([O-])CC2. The first-order chi connectivity index (χ1) is 6.18. The molecule has 1 aliphatic rings. The molecule has 0 bridgehead atoms. The zero-order chi connectivity index (χ0) is 9.42. The Morgan fingerprint density at radius 1 is 1.54 bits per heavy atom. The molecule has 1 atom stereocenters. The van der Waals surface area contributed by atoms with Crippen molar-refractivity contribution in [1.29, 1.82) is 0 Å². The molecule has 1 unspecified atom stereocenters. The summed E-state index contributed by atoms with van der Waals surface area (Å²) >= 11 is 0. The number of hydrogen-bond donors (Lipinski definition) is 1. The topological polar surface area (TPSA) is 69.4 Å². The van der Waals surface area contributed by atoms with Gasteiger partial charge in [0.05, 0.1) is 4.90 Å². The lowest BCUT2D eigenvalue weighted by Crippen LogP contribution is -2.10. The predicted octanol–water partition coefficient (Wildman–Crippen LogP) is 0.528. The Hall–Kier alpha value is -0.910. The Morgan fingerprint density at radius 2 is 2.31 bits per heavy atom. The van der Waals surface area contributed by atoms with E-state index in [9.17, 15) is 9.42 Å². The van der Waals surface area contributed by atoms with Crippen molar-refractivity contribution in [2.45, 2.75) is 11.3 Å². The average Bonchev–Trinajstić information content (AvgIpc) is 2.47. The summed E-state index contributed by atoms with van der Waals surface area (Å²) in [6, 6.07) is 5.12. The van der Waals surface area contributed by atoms with Gasteiger partial charge in [0.2, 0.25) is 0 Å². The molecule has 2 N–H and O–H groups in total. The van der Waals surface area contributed by atoms with Gasteiger partial charge in [-0.3, -0.25) is 0 Å². The number of fused-ring (bicyclic) bond motifs is 1. The fourth-order valence-electron chi connectivity index (χ4n) is 1.45. The molecule has 1 aliphatic heterocycles. The molecule has 1 aromatic rings. The zero-order valence-electron chi connectivity index (χ0n) is 6.90. The maximum atomic E-state index is 11.2. The average molecular weight is 197 g/mol. The van der Waals surface area contributed by atoms with Crippen molar-refractivity contribution in [3.8, 4) is 0 Å². The molecule has 0 saturated heterocycles. The lowest BCUT2D eigenvalue weighted by Gasteiger charge is -2.25. The maximum Gasteiger partial charge on any atom is 0.122 e. The van der Waals surface area contributed by atoms with Crippen LogP contribution in [0.5, 0.6) is 0 Å². The molecule has 0 aromatic heterocycles. The minimum absolute atomic E-state index is 0.482. The van der Waals surface area contributed by atoms with Gasteiger partial charge in [-0.15, -0.1) is 0 Å². The minimum Gasteiger partial charge on any atom is -0.758 e. The quantitative estimate of drug-likeness (QED) is 0.713. The largest absolute Gasteiger partial charge is 0.758 e. The van der Waals surface area contributed by atoms with Crippen LogP contribution in [0.25, 0.3) is 0 Å². The normalized spacial score (nSPS) is 17.2. The van der Waals surface area contributed by atoms with Gasteiger partial charge in [-0.05, 0) is 24.1 Å². The predicted molar refractivity (Wildman–Crippen MR) is 51.5 cm³/mol. The second-order valence-electron chi connectivity index (χ2n) is 2.94. The highest BCUT2D eigenvalue weighted by atomic mass is 32.2. The zero-order valence-corrected chi connectivity index (χ0v) is 7.71. The number of hydrogen-bond acceptors (Lipinski definition) is 3. The molecule has 0 amide bonds. The Balaban J connectivity index is 2.47. The van der Waals surface area contributed by atoms with E-state index in [1.165, 1.54) is 0 Å². The standard InChI is InChI=1S/C8H9N2O2S/c9-13(12)7-2-1-6-3-4-10(11)8(6)5-7/h1-2,5H,3-4,9H2/q-1. The first-order valence-corrected chi connectivity index (χ1v) is 5.13. The van der Waals surface area contributed by atoms with E-state index >= 15 is 0 Å². The van der Waals surface area contributed by atoms with Crippen molar-refractivity contribution >= 4 is 16.7 Å². The fourth-order valence-corrected chi connectivity index (χ4v) is 1.88. The molecule has 0 spiro atoms. The van der Waals surface area contributed by atoms with Crippen molar-refractivity contribution in [3.63, 3.8) is 0 Å². The lowest BCUT2D eigenvalue weighted by atomic mass is 10.2. The van der Waals surface area contributed by atoms with E-state index in [0.717, 1.165) is 17.0 Å². The van der Waals surface area contributed by atoms with Crippen molar-refractivity contribution in [3.05, 3.63) is 29.0 Å². The third kappa shape index (κ3) is 1.46. The van der Waals surface area contributed by atoms with Gasteiger partial charge in [0.25, 0.3) is 0 Å². The summed E-state index contributed by atoms with van der Waals surface area (Å²) in [4.78, 5) is 0.501. The molecule has 0 aliphatic carbocycles. The second-order valence-corrected chi connectivity index (χ2v) is 4.01. The lowest BCUT2D eigenvalue weighted by molar-refractivity contribution is 0.684. The Bertz CT molecular complexity index is 367. The maximum absolute atomic E-state index is 11.2. The molecule has 0 fully saturated rings. The third-order valence-corrected chi connectivity index (χ3v) is 2.86. The van der Waals surface area contributed by atoms with Crippen LogP contribution in [0.15, 0.2) is 23.1 Å². The van der Waals surface area contributed by atoms with Crippen molar-refractivity contribution < 1.29 is 4.21 Å². The van der Waals surface area contributed by atoms with Gasteiger partial charge in [-0.25, -0.2) is 9.35 Å². The first-order valence-electron chi connectivity index (χ1n) is 3.92. The number of anilines is 1. The van der Waals surface area contributed by atoms with Crippen LogP contribution >= 0.6 is 0 Å². The van der Waals surface area contributed by atoms with Gasteiger partial charge in [0.15, 0.2) is 0 Å². The summed E-state index contributed by atoms with van der Waals surface area (Å²) in [6.45, 7) is 0.482. The molecule has 1 aromatic carbocycles. The van der Waals surface area contributed by atoms with Crippen LogP contribution in [0, 0.1) is 5.21 Å². The highest BCUT2D eigenvalue weighted by Crippen LogP contribution is 2.28. The molecule has 0 saturated carbocycles. The van der Waals surface area contributed by atoms with E-state index in [1.807, 2.05) is 6.07 Å². The fraction of sp³-hybridized carbons (Fsp3) is 0.250. The van der Waals surface area contributed by atoms with E-state index < -0.39 is 11.0 Å². The Morgan fingerprint density at radius 3 is 3.00 bits per heavy atom. The van der Waals surface area contributed by atoms with Crippen LogP contribution in [-0.4, -0.2) is 10.8 Å². The first kappa shape index (κ1) is 8.68. The number of nitrogens with zero attached hydrogens (tertiary/aromatic N) is 1. The van der Waals surface area contributed by atoms with Crippen LogP contribution in [0.1, 0.15) is 5.56 Å². The van der Waals surface area contributed by atoms with Gasteiger partial charge >= 0.3 is 0 Å². The summed E-state index contributed by atoms with van der Waals surface area (Å²) in [5.41, 5.74) is 1.61. The number of benzene rings is 1. The smallest absolute Gasteiger partial charge is 0.122 e. The number of hydroxylamine groups is 1. The van der Waals surface area contributed by atoms with Crippen LogP contribution in [0.2, 0.25) is 0 Å². The molecular formula is C8H9N2O2S-. The van der Waals surface area contributed by atoms with Crippen LogP contribution in [0.3, 0.4) is 0 Å². The van der Waals surface area contributed by atoms with Crippen LogP contribution < -0.4 is 10.2 Å². The van der Waals surface area contributed by atoms with Gasteiger partial charge in [0, 0.05) is 12.2 Å². The van der Waals surface area contributed by atoms with E-state index in [-0.39, 0.29) is 0 Å². The van der Waals surface area contributed by atoms with E-state index in [0.29, 0.717) is 17.1 Å². The van der Waals surface area contributed by atoms with Gasteiger partial charge in [0.1, 0.15) is 11.0 Å². The molecule has 2 rings (SSSR count). The number of nitrogens with two attached hydrogens (primary N) is 1. The summed E-state index contributed by atoms with van der Waals surface area (Å²) in [5, 5.41) is 17.3. The molecule has 5 heteroatoms. The molecule has 0 radical (unpaired) electrons. The van der Waals surface area contributed by atoms with Crippen molar-refractivity contribution in [2.24, 2.45) is 5.14 Å². The second kappa shape index (κ2) is 3.10. The third-order valence-electron chi connectivity index (χ3n) is 2.14. The minimum atomic E-state index is -1.50. The van der Waals surface area contributed by atoms with E-state index in [4.69, 9.17) is 5.14 Å². The molecule has 4 nitrogen and oxygen atoms in total. The molecular weight excluding hydrogens is 188 g/mol. The van der Waals surface area contributed by atoms with Crippen LogP contribution in [0.4, 0.5) is 5.69 Å². The highest BCUT2D eigenvalue weighted by Gasteiger charge is 2.13. The summed E-state index contributed by atoms with van der Waals surface area (Å²) < 4.78 is 10.9. The Labute approximate surface area is 78.5 Å². The molecule has 1 heterocycles. The molecule has 13 heavy (non-hydrogen) atoms. The summed E-state index contributed by atoms with van der Waals surface area (Å²) in [5.74, 6) is 0. The summed E-state index contributed by atoms with van der Waals surface area (Å²) in [7, 11) is -1.50. The van der Waals surface area contributed by atoms with Crippen molar-refractivity contribution in [1.82, 2.24) is 0 Å². The van der Waals surface area contributed by atoms with Gasteiger partial charge in [-0.1, -0.05) is 6.07 Å². The van der Waals surface area contributed by atoms with E-state index in [2.05, 4.69) is 0 Å². The van der Waals surface area contributed by atoms with E-state index in [1.54, 1.807) is 12.1 Å². The van der Waals surface area contributed by atoms with Gasteiger partial charge in [-0.2, -0.15) is 0 Å². The summed E-state index contributed by atoms with van der Waals surface area (Å²) in [6.07, 6.45) is 0.760. The highest BCUT2D eigenvalue weighted by molar-refractivity contribution is 7.82. The van der Waals surface area contributed by atoms with Gasteiger partial charge < -0.3 is 10.3 Å². The molecule has 70 valence electrons. The monoisotopic (exact) mass is 197 g/mol. The Kier molecular flexibility index (Phi) is 2.07. The number of rotatable bonds is 1.